The van der Waals surface area contributed by atoms with Crippen LogP contribution in [0.4, 0.5) is 0 Å². The highest BCUT2D eigenvalue weighted by Crippen LogP contribution is 2.26. The first kappa shape index (κ1) is 17.0. The molecule has 0 aromatic heterocycles. The van der Waals surface area contributed by atoms with E-state index >= 15 is 0 Å². The maximum Gasteiger partial charge on any atom is 0.242 e. The van der Waals surface area contributed by atoms with Gasteiger partial charge in [0.2, 0.25) is 10.0 Å². The molecule has 1 aromatic rings. The first-order valence-corrected chi connectivity index (χ1v) is 8.81. The highest BCUT2D eigenvalue weighted by molar-refractivity contribution is 7.89. The molecule has 2 N–H and O–H groups in total. The summed E-state index contributed by atoms with van der Waals surface area (Å²) in [5.74, 6) is 0. The molecule has 0 saturated carbocycles. The average Bonchev–Trinajstić information content (AvgIpc) is 2.89. The maximum absolute atomic E-state index is 12.4. The molecule has 118 valence electrons. The lowest BCUT2D eigenvalue weighted by Gasteiger charge is -2.28. The van der Waals surface area contributed by atoms with Crippen molar-refractivity contribution in [1.82, 2.24) is 10.0 Å². The summed E-state index contributed by atoms with van der Waals surface area (Å²) < 4.78 is 32.6. The Morgan fingerprint density at radius 1 is 1.43 bits per heavy atom. The van der Waals surface area contributed by atoms with Crippen LogP contribution in [0.25, 0.3) is 0 Å². The average molecular weight is 353 g/mol. The van der Waals surface area contributed by atoms with Gasteiger partial charge in [-0.2, -0.15) is 0 Å². The lowest BCUT2D eigenvalue weighted by atomic mass is 9.99. The van der Waals surface area contributed by atoms with Gasteiger partial charge in [0.1, 0.15) is 4.90 Å². The molecule has 1 unspecified atom stereocenters. The molecule has 0 spiro atoms. The van der Waals surface area contributed by atoms with Gasteiger partial charge in [-0.15, -0.1) is 0 Å². The number of halogens is 2. The van der Waals surface area contributed by atoms with E-state index < -0.39 is 10.0 Å². The topological polar surface area (TPSA) is 67.4 Å². The monoisotopic (exact) mass is 352 g/mol. The minimum Gasteiger partial charge on any atom is -0.383 e. The van der Waals surface area contributed by atoms with Gasteiger partial charge in [-0.1, -0.05) is 23.2 Å². The molecule has 8 heteroatoms. The van der Waals surface area contributed by atoms with E-state index in [1.54, 1.807) is 13.2 Å². The third kappa shape index (κ3) is 4.09. The molecule has 1 aromatic carbocycles. The predicted octanol–water partition coefficient (Wildman–Crippen LogP) is 2.04. The van der Waals surface area contributed by atoms with Gasteiger partial charge in [-0.05, 0) is 37.6 Å². The molecule has 21 heavy (non-hydrogen) atoms. The highest BCUT2D eigenvalue weighted by atomic mass is 35.5. The third-order valence-corrected chi connectivity index (χ3v) is 5.65. The molecule has 1 aliphatic heterocycles. The van der Waals surface area contributed by atoms with E-state index in [1.165, 1.54) is 12.1 Å². The number of methoxy groups -OCH3 is 1. The molecular weight excluding hydrogens is 335 g/mol. The molecule has 1 saturated heterocycles. The van der Waals surface area contributed by atoms with Gasteiger partial charge in [-0.25, -0.2) is 13.1 Å². The van der Waals surface area contributed by atoms with E-state index in [2.05, 4.69) is 10.0 Å². The van der Waals surface area contributed by atoms with E-state index in [9.17, 15) is 8.42 Å². The van der Waals surface area contributed by atoms with E-state index in [0.717, 1.165) is 19.4 Å². The molecular formula is C13H18Cl2N2O3S. The van der Waals surface area contributed by atoms with Crippen LogP contribution in [0.15, 0.2) is 23.1 Å². The van der Waals surface area contributed by atoms with Crippen molar-refractivity contribution in [3.63, 3.8) is 0 Å². The Morgan fingerprint density at radius 2 is 2.19 bits per heavy atom. The van der Waals surface area contributed by atoms with Gasteiger partial charge < -0.3 is 10.1 Å². The van der Waals surface area contributed by atoms with Gasteiger partial charge in [-0.3, -0.25) is 0 Å². The second-order valence-corrected chi connectivity index (χ2v) is 7.72. The van der Waals surface area contributed by atoms with Crippen LogP contribution in [0.2, 0.25) is 10.0 Å². The zero-order valence-electron chi connectivity index (χ0n) is 11.7. The summed E-state index contributed by atoms with van der Waals surface area (Å²) >= 11 is 11.8. The summed E-state index contributed by atoms with van der Waals surface area (Å²) in [5, 5.41) is 3.78. The smallest absolute Gasteiger partial charge is 0.242 e. The molecule has 0 amide bonds. The Kier molecular flexibility index (Phi) is 5.51. The first-order valence-electron chi connectivity index (χ1n) is 6.57. The Hall–Kier alpha value is -0.370. The minimum absolute atomic E-state index is 0.0118. The molecule has 0 bridgehead atoms. The summed E-state index contributed by atoms with van der Waals surface area (Å²) in [5.41, 5.74) is -0.368. The van der Waals surface area contributed by atoms with Crippen LogP contribution in [-0.2, 0) is 14.8 Å². The van der Waals surface area contributed by atoms with Crippen LogP contribution in [0.3, 0.4) is 0 Å². The van der Waals surface area contributed by atoms with Crippen molar-refractivity contribution in [2.24, 2.45) is 0 Å². The van der Waals surface area contributed by atoms with Crippen molar-refractivity contribution in [2.45, 2.75) is 23.3 Å². The Balaban J connectivity index is 2.15. The largest absolute Gasteiger partial charge is 0.383 e. The molecule has 2 rings (SSSR count). The lowest BCUT2D eigenvalue weighted by molar-refractivity contribution is 0.122. The van der Waals surface area contributed by atoms with Gasteiger partial charge in [0, 0.05) is 18.7 Å². The molecule has 0 aliphatic carbocycles. The van der Waals surface area contributed by atoms with E-state index in [4.69, 9.17) is 27.9 Å². The van der Waals surface area contributed by atoms with Crippen molar-refractivity contribution in [2.75, 3.05) is 26.8 Å². The number of benzene rings is 1. The summed E-state index contributed by atoms with van der Waals surface area (Å²) in [4.78, 5) is -0.0118. The standard InChI is InChI=1S/C13H18Cl2N2O3S/c1-20-9-13(5-2-6-16-13)8-17-21(18,19)12-7-10(14)3-4-11(12)15/h3-4,7,16-17H,2,5-6,8-9H2,1H3. The maximum atomic E-state index is 12.4. The number of nitrogens with one attached hydrogen (secondary N) is 2. The minimum atomic E-state index is -3.72. The van der Waals surface area contributed by atoms with Crippen molar-refractivity contribution in [3.8, 4) is 0 Å². The Labute approximate surface area is 135 Å². The summed E-state index contributed by atoms with van der Waals surface area (Å²) in [7, 11) is -2.12. The fraction of sp³-hybridized carbons (Fsp3) is 0.538. The van der Waals surface area contributed by atoms with Crippen molar-refractivity contribution in [1.29, 1.82) is 0 Å². The number of rotatable bonds is 6. The SMILES string of the molecule is COCC1(CNS(=O)(=O)c2cc(Cl)ccc2Cl)CCCN1. The summed E-state index contributed by atoms with van der Waals surface area (Å²) in [6.45, 7) is 1.54. The number of sulfonamides is 1. The second kappa shape index (κ2) is 6.81. The van der Waals surface area contributed by atoms with E-state index in [0.29, 0.717) is 11.6 Å². The van der Waals surface area contributed by atoms with E-state index in [1.807, 2.05) is 0 Å². The fourth-order valence-electron chi connectivity index (χ4n) is 2.46. The summed E-state index contributed by atoms with van der Waals surface area (Å²) in [6, 6.07) is 4.36. The quantitative estimate of drug-likeness (QED) is 0.821. The van der Waals surface area contributed by atoms with Crippen molar-refractivity contribution >= 4 is 33.2 Å². The van der Waals surface area contributed by atoms with Gasteiger partial charge in [0.15, 0.2) is 0 Å². The number of hydrogen-bond donors (Lipinski definition) is 2. The normalized spacial score (nSPS) is 22.6. The van der Waals surface area contributed by atoms with Crippen LogP contribution < -0.4 is 10.0 Å². The van der Waals surface area contributed by atoms with Gasteiger partial charge in [0.05, 0.1) is 17.2 Å². The molecule has 1 fully saturated rings. The van der Waals surface area contributed by atoms with Crippen LogP contribution in [0.1, 0.15) is 12.8 Å². The zero-order valence-corrected chi connectivity index (χ0v) is 14.0. The van der Waals surface area contributed by atoms with Gasteiger partial charge in [0.25, 0.3) is 0 Å². The second-order valence-electron chi connectivity index (χ2n) is 5.14. The molecule has 0 radical (unpaired) electrons. The van der Waals surface area contributed by atoms with Crippen LogP contribution in [-0.4, -0.2) is 40.8 Å². The Morgan fingerprint density at radius 3 is 2.81 bits per heavy atom. The molecule has 1 atom stereocenters. The first-order chi connectivity index (χ1) is 9.88. The van der Waals surface area contributed by atoms with Crippen LogP contribution in [0, 0.1) is 0 Å². The molecule has 5 nitrogen and oxygen atoms in total. The highest BCUT2D eigenvalue weighted by Gasteiger charge is 2.35. The van der Waals surface area contributed by atoms with Gasteiger partial charge >= 0.3 is 0 Å². The van der Waals surface area contributed by atoms with E-state index in [-0.39, 0.29) is 22.0 Å². The van der Waals surface area contributed by atoms with Crippen molar-refractivity contribution in [3.05, 3.63) is 28.2 Å². The fourth-order valence-corrected chi connectivity index (χ4v) is 4.35. The molecule has 1 heterocycles. The number of ether oxygens (including phenoxy) is 1. The zero-order chi connectivity index (χ0) is 15.5. The van der Waals surface area contributed by atoms with Crippen molar-refractivity contribution < 1.29 is 13.2 Å². The van der Waals surface area contributed by atoms with Crippen LogP contribution >= 0.6 is 23.2 Å². The number of hydrogen-bond acceptors (Lipinski definition) is 4. The predicted molar refractivity (Wildman–Crippen MR) is 83.5 cm³/mol. The third-order valence-electron chi connectivity index (χ3n) is 3.54. The summed E-state index contributed by atoms with van der Waals surface area (Å²) in [6.07, 6.45) is 1.84. The molecule has 1 aliphatic rings. The Bertz CT molecular complexity index is 601. The lowest BCUT2D eigenvalue weighted by Crippen LogP contribution is -2.52. The van der Waals surface area contributed by atoms with Crippen LogP contribution in [0.5, 0.6) is 0 Å².